The Kier molecular flexibility index (Phi) is 3.41. The minimum absolute atomic E-state index is 0.137. The van der Waals surface area contributed by atoms with E-state index in [2.05, 4.69) is 30.7 Å². The second kappa shape index (κ2) is 4.54. The molecule has 2 nitrogen and oxygen atoms in total. The van der Waals surface area contributed by atoms with Crippen molar-refractivity contribution in [1.29, 1.82) is 0 Å². The number of hydrogen-bond acceptors (Lipinski definition) is 2. The number of aromatic nitrogens is 1. The molecule has 2 heterocycles. The van der Waals surface area contributed by atoms with Gasteiger partial charge in [-0.05, 0) is 39.8 Å². The summed E-state index contributed by atoms with van der Waals surface area (Å²) in [7, 11) is 0. The average molecular weight is 257 g/mol. The van der Waals surface area contributed by atoms with Crippen molar-refractivity contribution in [2.24, 2.45) is 0 Å². The first-order chi connectivity index (χ1) is 7.88. The van der Waals surface area contributed by atoms with Crippen LogP contribution in [0.3, 0.4) is 0 Å². The van der Waals surface area contributed by atoms with Gasteiger partial charge in [-0.15, -0.1) is 0 Å². The highest BCUT2D eigenvalue weighted by Crippen LogP contribution is 2.32. The summed E-state index contributed by atoms with van der Waals surface area (Å²) >= 11 is 5.71. The first-order valence-electron chi connectivity index (χ1n) is 5.94. The van der Waals surface area contributed by atoms with Gasteiger partial charge in [0.25, 0.3) is 0 Å². The van der Waals surface area contributed by atoms with Crippen LogP contribution in [0.25, 0.3) is 0 Å². The van der Waals surface area contributed by atoms with E-state index in [0.29, 0.717) is 10.7 Å². The minimum atomic E-state index is -0.279. The van der Waals surface area contributed by atoms with Crippen LogP contribution < -0.4 is 0 Å². The Morgan fingerprint density at radius 2 is 2.18 bits per heavy atom. The summed E-state index contributed by atoms with van der Waals surface area (Å²) in [6.45, 7) is 8.41. The quantitative estimate of drug-likeness (QED) is 0.765. The molecule has 94 valence electrons. The molecule has 1 fully saturated rings. The van der Waals surface area contributed by atoms with Gasteiger partial charge in [-0.2, -0.15) is 0 Å². The zero-order valence-electron chi connectivity index (χ0n) is 10.5. The number of hydrogen-bond donors (Lipinski definition) is 0. The summed E-state index contributed by atoms with van der Waals surface area (Å²) in [6.07, 6.45) is 2.49. The number of likely N-dealkylation sites (tertiary alicyclic amines) is 1. The Bertz CT molecular complexity index is 414. The second-order valence-corrected chi connectivity index (χ2v) is 6.06. The van der Waals surface area contributed by atoms with Gasteiger partial charge >= 0.3 is 0 Å². The molecule has 0 spiro atoms. The molecule has 1 aromatic heterocycles. The van der Waals surface area contributed by atoms with E-state index in [9.17, 15) is 4.39 Å². The number of pyridine rings is 1. The van der Waals surface area contributed by atoms with Crippen molar-refractivity contribution >= 4 is 11.6 Å². The molecule has 0 aromatic carbocycles. The van der Waals surface area contributed by atoms with Crippen molar-refractivity contribution in [3.63, 3.8) is 0 Å². The largest absolute Gasteiger partial charge is 0.298 e. The molecular formula is C13H18ClFN2. The van der Waals surface area contributed by atoms with E-state index in [1.165, 1.54) is 12.3 Å². The fraction of sp³-hybridized carbons (Fsp3) is 0.615. The monoisotopic (exact) mass is 256 g/mol. The van der Waals surface area contributed by atoms with E-state index in [0.717, 1.165) is 19.5 Å². The maximum absolute atomic E-state index is 13.8. The molecule has 0 aliphatic carbocycles. The lowest BCUT2D eigenvalue weighted by molar-refractivity contribution is 0.172. The van der Waals surface area contributed by atoms with Gasteiger partial charge in [0.15, 0.2) is 0 Å². The van der Waals surface area contributed by atoms with Gasteiger partial charge in [0.2, 0.25) is 0 Å². The van der Waals surface area contributed by atoms with Crippen molar-refractivity contribution in [3.8, 4) is 0 Å². The highest BCUT2D eigenvalue weighted by molar-refractivity contribution is 6.30. The van der Waals surface area contributed by atoms with Crippen LogP contribution in [0.2, 0.25) is 5.02 Å². The first-order valence-corrected chi connectivity index (χ1v) is 6.31. The molecule has 0 radical (unpaired) electrons. The third kappa shape index (κ3) is 2.78. The smallest absolute Gasteiger partial charge is 0.146 e. The van der Waals surface area contributed by atoms with E-state index in [-0.39, 0.29) is 17.3 Å². The van der Waals surface area contributed by atoms with Crippen molar-refractivity contribution in [1.82, 2.24) is 9.88 Å². The average Bonchev–Trinajstić information content (AvgIpc) is 2.65. The molecule has 1 aromatic rings. The molecule has 1 saturated heterocycles. The first kappa shape index (κ1) is 12.8. The summed E-state index contributed by atoms with van der Waals surface area (Å²) in [5, 5.41) is 0.358. The third-order valence-corrected chi connectivity index (χ3v) is 3.57. The molecule has 4 heteroatoms. The van der Waals surface area contributed by atoms with Gasteiger partial charge in [0.05, 0.1) is 10.7 Å². The number of nitrogens with zero attached hydrogens (tertiary/aromatic N) is 2. The maximum atomic E-state index is 13.8. The Morgan fingerprint density at radius 3 is 2.71 bits per heavy atom. The summed E-state index contributed by atoms with van der Waals surface area (Å²) < 4.78 is 13.8. The van der Waals surface area contributed by atoms with E-state index >= 15 is 0 Å². The Labute approximate surface area is 107 Å². The van der Waals surface area contributed by atoms with Crippen LogP contribution in [0.1, 0.15) is 38.8 Å². The lowest BCUT2D eigenvalue weighted by Gasteiger charge is -2.31. The molecule has 1 unspecified atom stereocenters. The third-order valence-electron chi connectivity index (χ3n) is 3.36. The van der Waals surface area contributed by atoms with Gasteiger partial charge in [-0.3, -0.25) is 9.88 Å². The molecule has 0 amide bonds. The normalized spacial score (nSPS) is 22.1. The Morgan fingerprint density at radius 1 is 1.47 bits per heavy atom. The molecule has 2 rings (SSSR count). The van der Waals surface area contributed by atoms with Crippen LogP contribution in [0.4, 0.5) is 4.39 Å². The highest BCUT2D eigenvalue weighted by atomic mass is 35.5. The van der Waals surface area contributed by atoms with Gasteiger partial charge in [-0.1, -0.05) is 11.6 Å². The van der Waals surface area contributed by atoms with Gasteiger partial charge in [0, 0.05) is 24.2 Å². The molecule has 0 saturated carbocycles. The number of halogens is 2. The molecular weight excluding hydrogens is 239 g/mol. The fourth-order valence-corrected chi connectivity index (χ4v) is 2.46. The van der Waals surface area contributed by atoms with Crippen molar-refractivity contribution < 1.29 is 4.39 Å². The van der Waals surface area contributed by atoms with Crippen LogP contribution in [-0.4, -0.2) is 28.5 Å². The standard InChI is InChI=1S/C13H18ClFN2/c1-13(2,3)17-5-4-9(8-17)12-11(15)6-10(14)7-16-12/h6-7,9H,4-5,8H2,1-3H3. The topological polar surface area (TPSA) is 16.1 Å². The maximum Gasteiger partial charge on any atom is 0.146 e. The van der Waals surface area contributed by atoms with Gasteiger partial charge in [0.1, 0.15) is 5.82 Å². The zero-order valence-corrected chi connectivity index (χ0v) is 11.3. The summed E-state index contributed by atoms with van der Waals surface area (Å²) in [4.78, 5) is 6.51. The number of rotatable bonds is 1. The van der Waals surface area contributed by atoms with Crippen LogP contribution in [0, 0.1) is 5.82 Å². The Balaban J connectivity index is 2.15. The van der Waals surface area contributed by atoms with Gasteiger partial charge in [-0.25, -0.2) is 4.39 Å². The van der Waals surface area contributed by atoms with Crippen LogP contribution >= 0.6 is 11.6 Å². The lowest BCUT2D eigenvalue weighted by atomic mass is 10.0. The van der Waals surface area contributed by atoms with Gasteiger partial charge < -0.3 is 0 Å². The SMILES string of the molecule is CC(C)(C)N1CCC(c2ncc(Cl)cc2F)C1. The molecule has 1 aliphatic rings. The second-order valence-electron chi connectivity index (χ2n) is 5.62. The fourth-order valence-electron chi connectivity index (χ4n) is 2.32. The summed E-state index contributed by atoms with van der Waals surface area (Å²) in [6, 6.07) is 1.35. The van der Waals surface area contributed by atoms with E-state index in [1.807, 2.05) is 0 Å². The van der Waals surface area contributed by atoms with E-state index in [4.69, 9.17) is 11.6 Å². The molecule has 1 atom stereocenters. The minimum Gasteiger partial charge on any atom is -0.298 e. The molecule has 0 bridgehead atoms. The summed E-state index contributed by atoms with van der Waals surface area (Å²) in [5.74, 6) is -0.0928. The van der Waals surface area contributed by atoms with Crippen molar-refractivity contribution in [2.45, 2.75) is 38.6 Å². The summed E-state index contributed by atoms with van der Waals surface area (Å²) in [5.41, 5.74) is 0.693. The predicted molar refractivity (Wildman–Crippen MR) is 67.9 cm³/mol. The zero-order chi connectivity index (χ0) is 12.6. The molecule has 1 aliphatic heterocycles. The molecule has 0 N–H and O–H groups in total. The van der Waals surface area contributed by atoms with Crippen molar-refractivity contribution in [2.75, 3.05) is 13.1 Å². The predicted octanol–water partition coefficient (Wildman–Crippen LogP) is 3.46. The van der Waals surface area contributed by atoms with Crippen LogP contribution in [0.15, 0.2) is 12.3 Å². The van der Waals surface area contributed by atoms with E-state index in [1.54, 1.807) is 0 Å². The van der Waals surface area contributed by atoms with Crippen LogP contribution in [-0.2, 0) is 0 Å². The Hall–Kier alpha value is -0.670. The highest BCUT2D eigenvalue weighted by Gasteiger charge is 2.32. The van der Waals surface area contributed by atoms with Crippen molar-refractivity contribution in [3.05, 3.63) is 28.8 Å². The lowest BCUT2D eigenvalue weighted by Crippen LogP contribution is -2.39. The molecule has 17 heavy (non-hydrogen) atoms. The van der Waals surface area contributed by atoms with Crippen LogP contribution in [0.5, 0.6) is 0 Å². The van der Waals surface area contributed by atoms with E-state index < -0.39 is 0 Å².